The summed E-state index contributed by atoms with van der Waals surface area (Å²) in [7, 11) is 0. The highest BCUT2D eigenvalue weighted by molar-refractivity contribution is 7.19. The van der Waals surface area contributed by atoms with Crippen LogP contribution in [0.2, 0.25) is 0 Å². The molecule has 3 heterocycles. The lowest BCUT2D eigenvalue weighted by Crippen LogP contribution is -2.49. The number of nitrogens with one attached hydrogen (secondary N) is 1. The van der Waals surface area contributed by atoms with E-state index in [0.29, 0.717) is 53.9 Å². The Morgan fingerprint density at radius 3 is 2.60 bits per heavy atom. The minimum atomic E-state index is -0.357. The van der Waals surface area contributed by atoms with Crippen LogP contribution >= 0.6 is 11.3 Å². The molecule has 1 saturated heterocycles. The normalized spacial score (nSPS) is 14.4. The van der Waals surface area contributed by atoms with Crippen LogP contribution in [0.3, 0.4) is 0 Å². The standard InChI is InChI=1S/C25H25FN6O2S/c1-16-6-7-20(12-17(16)2)27-24(34)31-10-8-30(9-11-31)15-21-14-22(33)32-25(28-21)35-23(29-32)18-4-3-5-19(26)13-18/h3-7,12-14H,8-11,15H2,1-2H3,(H,27,34). The first-order valence-corrected chi connectivity index (χ1v) is 12.2. The lowest BCUT2D eigenvalue weighted by atomic mass is 10.1. The van der Waals surface area contributed by atoms with Gasteiger partial charge in [0, 0.05) is 50.0 Å². The van der Waals surface area contributed by atoms with Gasteiger partial charge in [-0.15, -0.1) is 0 Å². The van der Waals surface area contributed by atoms with Crippen LogP contribution in [0.25, 0.3) is 15.5 Å². The second-order valence-corrected chi connectivity index (χ2v) is 9.65. The molecule has 0 atom stereocenters. The molecule has 10 heteroatoms. The SMILES string of the molecule is Cc1ccc(NC(=O)N2CCN(Cc3cc(=O)n4nc(-c5cccc(F)c5)sc4n3)CC2)cc1C. The molecule has 5 rings (SSSR count). The lowest BCUT2D eigenvalue weighted by molar-refractivity contribution is 0.142. The average molecular weight is 493 g/mol. The van der Waals surface area contributed by atoms with Gasteiger partial charge in [-0.25, -0.2) is 14.2 Å². The fraction of sp³-hybridized carbons (Fsp3) is 0.280. The molecule has 1 N–H and O–H groups in total. The van der Waals surface area contributed by atoms with Crippen molar-refractivity contribution in [3.05, 3.63) is 81.5 Å². The van der Waals surface area contributed by atoms with E-state index in [0.717, 1.165) is 11.3 Å². The van der Waals surface area contributed by atoms with Crippen LogP contribution in [-0.2, 0) is 6.54 Å². The molecule has 2 aromatic heterocycles. The Bertz CT molecular complexity index is 1460. The van der Waals surface area contributed by atoms with E-state index in [-0.39, 0.29) is 17.4 Å². The molecule has 0 unspecified atom stereocenters. The molecule has 2 aromatic carbocycles. The molecule has 1 fully saturated rings. The van der Waals surface area contributed by atoms with Crippen LogP contribution in [0.5, 0.6) is 0 Å². The molecule has 1 aliphatic heterocycles. The van der Waals surface area contributed by atoms with E-state index in [1.165, 1.54) is 39.6 Å². The van der Waals surface area contributed by atoms with Gasteiger partial charge in [-0.1, -0.05) is 29.5 Å². The van der Waals surface area contributed by atoms with E-state index in [9.17, 15) is 14.0 Å². The van der Waals surface area contributed by atoms with Gasteiger partial charge < -0.3 is 10.2 Å². The molecule has 0 radical (unpaired) electrons. The Balaban J connectivity index is 1.23. The first-order valence-electron chi connectivity index (χ1n) is 11.4. The van der Waals surface area contributed by atoms with E-state index in [2.05, 4.69) is 20.3 Å². The largest absolute Gasteiger partial charge is 0.322 e. The molecule has 4 aromatic rings. The van der Waals surface area contributed by atoms with Crippen molar-refractivity contribution in [3.63, 3.8) is 0 Å². The number of piperazine rings is 1. The second-order valence-electron chi connectivity index (χ2n) is 8.69. The van der Waals surface area contributed by atoms with Gasteiger partial charge in [-0.05, 0) is 49.2 Å². The van der Waals surface area contributed by atoms with Crippen LogP contribution in [0.4, 0.5) is 14.9 Å². The molecule has 8 nitrogen and oxygen atoms in total. The number of carbonyl (C=O) groups excluding carboxylic acids is 1. The number of carbonyl (C=O) groups is 1. The molecule has 0 bridgehead atoms. The zero-order valence-electron chi connectivity index (χ0n) is 19.5. The number of urea groups is 1. The van der Waals surface area contributed by atoms with E-state index < -0.39 is 0 Å². The van der Waals surface area contributed by atoms with Crippen molar-refractivity contribution in [1.82, 2.24) is 24.4 Å². The van der Waals surface area contributed by atoms with E-state index >= 15 is 0 Å². The first-order chi connectivity index (χ1) is 16.9. The van der Waals surface area contributed by atoms with E-state index in [1.807, 2.05) is 32.0 Å². The van der Waals surface area contributed by atoms with Crippen LogP contribution < -0.4 is 10.9 Å². The number of aryl methyl sites for hydroxylation is 2. The maximum absolute atomic E-state index is 13.6. The highest BCUT2D eigenvalue weighted by atomic mass is 32.1. The Morgan fingerprint density at radius 1 is 1.06 bits per heavy atom. The van der Waals surface area contributed by atoms with Crippen molar-refractivity contribution in [2.45, 2.75) is 20.4 Å². The van der Waals surface area contributed by atoms with Crippen molar-refractivity contribution in [2.75, 3.05) is 31.5 Å². The van der Waals surface area contributed by atoms with Crippen molar-refractivity contribution >= 4 is 28.0 Å². The predicted octanol–water partition coefficient (Wildman–Crippen LogP) is 3.92. The van der Waals surface area contributed by atoms with Crippen LogP contribution in [0, 0.1) is 19.7 Å². The van der Waals surface area contributed by atoms with Crippen molar-refractivity contribution in [3.8, 4) is 10.6 Å². The fourth-order valence-corrected chi connectivity index (χ4v) is 4.96. The number of fused-ring (bicyclic) bond motifs is 1. The smallest absolute Gasteiger partial charge is 0.321 e. The lowest BCUT2D eigenvalue weighted by Gasteiger charge is -2.34. The summed E-state index contributed by atoms with van der Waals surface area (Å²) < 4.78 is 14.8. The molecular weight excluding hydrogens is 467 g/mol. The van der Waals surface area contributed by atoms with Crippen molar-refractivity contribution < 1.29 is 9.18 Å². The van der Waals surface area contributed by atoms with Gasteiger partial charge >= 0.3 is 6.03 Å². The first kappa shape index (κ1) is 23.1. The molecule has 2 amide bonds. The number of rotatable bonds is 4. The molecule has 0 saturated carbocycles. The number of amides is 2. The van der Waals surface area contributed by atoms with E-state index in [1.54, 1.807) is 17.0 Å². The zero-order valence-corrected chi connectivity index (χ0v) is 20.3. The Kier molecular flexibility index (Phi) is 6.31. The van der Waals surface area contributed by atoms with Crippen LogP contribution in [0.1, 0.15) is 16.8 Å². The van der Waals surface area contributed by atoms with Gasteiger partial charge in [0.2, 0.25) is 4.96 Å². The number of hydrogen-bond donors (Lipinski definition) is 1. The number of benzene rings is 2. The summed E-state index contributed by atoms with van der Waals surface area (Å²) >= 11 is 1.25. The number of hydrogen-bond acceptors (Lipinski definition) is 6. The zero-order chi connectivity index (χ0) is 24.5. The summed E-state index contributed by atoms with van der Waals surface area (Å²) in [4.78, 5) is 34.4. The number of halogens is 1. The highest BCUT2D eigenvalue weighted by Gasteiger charge is 2.22. The Labute approximate surface area is 205 Å². The van der Waals surface area contributed by atoms with Crippen LogP contribution in [-0.4, -0.2) is 56.6 Å². The minimum Gasteiger partial charge on any atom is -0.322 e. The molecule has 35 heavy (non-hydrogen) atoms. The quantitative estimate of drug-likeness (QED) is 0.467. The number of anilines is 1. The van der Waals surface area contributed by atoms with Gasteiger partial charge in [0.1, 0.15) is 10.8 Å². The molecular formula is C25H25FN6O2S. The topological polar surface area (TPSA) is 82.8 Å². The monoisotopic (exact) mass is 492 g/mol. The Morgan fingerprint density at radius 2 is 1.86 bits per heavy atom. The summed E-state index contributed by atoms with van der Waals surface area (Å²) in [5, 5.41) is 7.82. The maximum atomic E-state index is 13.6. The predicted molar refractivity (Wildman–Crippen MR) is 134 cm³/mol. The van der Waals surface area contributed by atoms with Crippen LogP contribution in [0.15, 0.2) is 53.3 Å². The average Bonchev–Trinajstić information content (AvgIpc) is 3.27. The summed E-state index contributed by atoms with van der Waals surface area (Å²) in [5.74, 6) is -0.357. The maximum Gasteiger partial charge on any atom is 0.321 e. The summed E-state index contributed by atoms with van der Waals surface area (Å²) in [5.41, 5.74) is 4.11. The third-order valence-electron chi connectivity index (χ3n) is 6.17. The Hall–Kier alpha value is -3.63. The molecule has 1 aliphatic rings. The molecule has 180 valence electrons. The number of nitrogens with zero attached hydrogens (tertiary/aromatic N) is 5. The molecule has 0 aliphatic carbocycles. The van der Waals surface area contributed by atoms with Crippen molar-refractivity contribution in [2.24, 2.45) is 0 Å². The van der Waals surface area contributed by atoms with Gasteiger partial charge in [-0.2, -0.15) is 9.61 Å². The summed E-state index contributed by atoms with van der Waals surface area (Å²) in [6.07, 6.45) is 0. The van der Waals surface area contributed by atoms with Gasteiger partial charge in [0.05, 0.1) is 5.69 Å². The molecule has 0 spiro atoms. The fourth-order valence-electron chi connectivity index (χ4n) is 4.04. The van der Waals surface area contributed by atoms with Crippen molar-refractivity contribution in [1.29, 1.82) is 0 Å². The third kappa shape index (κ3) is 5.08. The van der Waals surface area contributed by atoms with E-state index in [4.69, 9.17) is 0 Å². The highest BCUT2D eigenvalue weighted by Crippen LogP contribution is 2.25. The van der Waals surface area contributed by atoms with Gasteiger partial charge in [0.15, 0.2) is 0 Å². The number of aromatic nitrogens is 3. The van der Waals surface area contributed by atoms with Gasteiger partial charge in [0.25, 0.3) is 5.56 Å². The van der Waals surface area contributed by atoms with Gasteiger partial charge in [-0.3, -0.25) is 9.69 Å². The summed E-state index contributed by atoms with van der Waals surface area (Å²) in [6.45, 7) is 7.10. The summed E-state index contributed by atoms with van der Waals surface area (Å²) in [6, 6.07) is 13.4. The second kappa shape index (κ2) is 9.55. The minimum absolute atomic E-state index is 0.111. The third-order valence-corrected chi connectivity index (χ3v) is 7.13.